The first-order valence-electron chi connectivity index (χ1n) is 2.55. The molecule has 1 heterocycles. The minimum absolute atomic E-state index is 0.302. The lowest BCUT2D eigenvalue weighted by molar-refractivity contribution is 0.578. The maximum atomic E-state index is 12.2. The average molecular weight is 127 g/mol. The summed E-state index contributed by atoms with van der Waals surface area (Å²) >= 11 is 0. The molecule has 0 aliphatic carbocycles. The number of nitrogens with one attached hydrogen (secondary N) is 1. The van der Waals surface area contributed by atoms with Gasteiger partial charge in [-0.1, -0.05) is 0 Å². The molecule has 0 aliphatic rings. The summed E-state index contributed by atoms with van der Waals surface area (Å²) in [5.41, 5.74) is 0.240. The van der Waals surface area contributed by atoms with Gasteiger partial charge in [-0.05, 0) is 6.92 Å². The van der Waals surface area contributed by atoms with Crippen LogP contribution in [0.2, 0.25) is 0 Å². The average Bonchev–Trinajstić information content (AvgIpc) is 1.59. The molecule has 0 atom stereocenters. The van der Waals surface area contributed by atoms with Gasteiger partial charge in [-0.25, -0.2) is 0 Å². The van der Waals surface area contributed by atoms with Crippen LogP contribution < -0.4 is 5.43 Å². The van der Waals surface area contributed by atoms with Crippen LogP contribution >= 0.6 is 0 Å². The highest BCUT2D eigenvalue weighted by atomic mass is 19.1. The summed E-state index contributed by atoms with van der Waals surface area (Å²) in [6.07, 6.45) is 0. The number of H-pyrrole nitrogens is 1. The Morgan fingerprint density at radius 3 is 2.67 bits per heavy atom. The molecule has 0 saturated carbocycles. The summed E-state index contributed by atoms with van der Waals surface area (Å²) in [6, 6.07) is 2.25. The Kier molecular flexibility index (Phi) is 1.34. The van der Waals surface area contributed by atoms with E-state index < -0.39 is 5.95 Å². The molecular formula is C6H6FNO. The largest absolute Gasteiger partial charge is 0.336 e. The van der Waals surface area contributed by atoms with Gasteiger partial charge in [0, 0.05) is 17.8 Å². The summed E-state index contributed by atoms with van der Waals surface area (Å²) in [6.45, 7) is 1.63. The van der Waals surface area contributed by atoms with Gasteiger partial charge in [0.2, 0.25) is 0 Å². The zero-order valence-corrected chi connectivity index (χ0v) is 4.94. The van der Waals surface area contributed by atoms with Gasteiger partial charge in [-0.2, -0.15) is 4.39 Å². The van der Waals surface area contributed by atoms with Gasteiger partial charge in [0.15, 0.2) is 11.4 Å². The van der Waals surface area contributed by atoms with E-state index >= 15 is 0 Å². The lowest BCUT2D eigenvalue weighted by Gasteiger charge is -1.89. The summed E-state index contributed by atoms with van der Waals surface area (Å²) < 4.78 is 12.2. The van der Waals surface area contributed by atoms with Gasteiger partial charge < -0.3 is 4.98 Å². The molecule has 3 heteroatoms. The van der Waals surface area contributed by atoms with Crippen molar-refractivity contribution < 1.29 is 4.39 Å². The summed E-state index contributed by atoms with van der Waals surface area (Å²) in [7, 11) is 0. The Hall–Kier alpha value is -1.12. The molecule has 1 N–H and O–H groups in total. The number of hydrogen-bond donors (Lipinski definition) is 1. The third kappa shape index (κ3) is 1.38. The molecule has 9 heavy (non-hydrogen) atoms. The van der Waals surface area contributed by atoms with Crippen LogP contribution in [0, 0.1) is 12.9 Å². The highest BCUT2D eigenvalue weighted by Gasteiger charge is 1.90. The van der Waals surface area contributed by atoms with Gasteiger partial charge in [0.25, 0.3) is 0 Å². The molecule has 0 bridgehead atoms. The van der Waals surface area contributed by atoms with Crippen LogP contribution in [0.1, 0.15) is 5.69 Å². The molecule has 0 radical (unpaired) electrons. The molecule has 2 nitrogen and oxygen atoms in total. The Morgan fingerprint density at radius 2 is 2.22 bits per heavy atom. The second kappa shape index (κ2) is 2.01. The van der Waals surface area contributed by atoms with E-state index in [1.807, 2.05) is 0 Å². The number of aryl methyl sites for hydroxylation is 1. The molecule has 0 saturated heterocycles. The van der Waals surface area contributed by atoms with Crippen molar-refractivity contribution in [3.05, 3.63) is 34.0 Å². The van der Waals surface area contributed by atoms with Crippen LogP contribution in [-0.4, -0.2) is 4.98 Å². The van der Waals surface area contributed by atoms with E-state index in [0.29, 0.717) is 5.69 Å². The third-order valence-electron chi connectivity index (χ3n) is 0.944. The fourth-order valence-electron chi connectivity index (χ4n) is 0.640. The maximum Gasteiger partial charge on any atom is 0.195 e. The van der Waals surface area contributed by atoms with E-state index in [9.17, 15) is 9.18 Å². The van der Waals surface area contributed by atoms with Gasteiger partial charge in [0.05, 0.1) is 0 Å². The van der Waals surface area contributed by atoms with Crippen molar-refractivity contribution >= 4 is 0 Å². The van der Waals surface area contributed by atoms with Crippen LogP contribution in [-0.2, 0) is 0 Å². The Morgan fingerprint density at radius 1 is 1.56 bits per heavy atom. The minimum Gasteiger partial charge on any atom is -0.336 e. The maximum absolute atomic E-state index is 12.2. The van der Waals surface area contributed by atoms with Gasteiger partial charge >= 0.3 is 0 Å². The summed E-state index contributed by atoms with van der Waals surface area (Å²) in [4.78, 5) is 12.8. The van der Waals surface area contributed by atoms with Crippen LogP contribution in [0.15, 0.2) is 16.9 Å². The first kappa shape index (κ1) is 6.01. The predicted octanol–water partition coefficient (Wildman–Crippen LogP) is 0.822. The molecule has 0 fully saturated rings. The topological polar surface area (TPSA) is 32.9 Å². The number of aromatic nitrogens is 1. The SMILES string of the molecule is Cc1cc(=O)cc(F)[nH]1. The monoisotopic (exact) mass is 127 g/mol. The molecular weight excluding hydrogens is 121 g/mol. The lowest BCUT2D eigenvalue weighted by Crippen LogP contribution is -2.01. The van der Waals surface area contributed by atoms with E-state index in [4.69, 9.17) is 0 Å². The van der Waals surface area contributed by atoms with E-state index in [-0.39, 0.29) is 5.43 Å². The normalized spacial score (nSPS) is 9.56. The number of aromatic amines is 1. The first-order valence-corrected chi connectivity index (χ1v) is 2.55. The van der Waals surface area contributed by atoms with Crippen LogP contribution in [0.5, 0.6) is 0 Å². The van der Waals surface area contributed by atoms with Gasteiger partial charge in [-0.3, -0.25) is 4.79 Å². The smallest absolute Gasteiger partial charge is 0.195 e. The van der Waals surface area contributed by atoms with Crippen molar-refractivity contribution in [3.8, 4) is 0 Å². The van der Waals surface area contributed by atoms with Crippen LogP contribution in [0.3, 0.4) is 0 Å². The molecule has 0 amide bonds. The Balaban J connectivity index is 3.33. The second-order valence-electron chi connectivity index (χ2n) is 1.85. The molecule has 0 aliphatic heterocycles. The fraction of sp³-hybridized carbons (Fsp3) is 0.167. The first-order chi connectivity index (χ1) is 4.18. The van der Waals surface area contributed by atoms with E-state index in [1.54, 1.807) is 6.92 Å². The third-order valence-corrected chi connectivity index (χ3v) is 0.944. The minimum atomic E-state index is -0.583. The van der Waals surface area contributed by atoms with Gasteiger partial charge in [0.1, 0.15) is 0 Å². The predicted molar refractivity (Wildman–Crippen MR) is 31.8 cm³/mol. The number of pyridine rings is 1. The van der Waals surface area contributed by atoms with E-state index in [1.165, 1.54) is 6.07 Å². The van der Waals surface area contributed by atoms with Crippen molar-refractivity contribution in [1.29, 1.82) is 0 Å². The fourth-order valence-corrected chi connectivity index (χ4v) is 0.640. The lowest BCUT2D eigenvalue weighted by atomic mass is 10.4. The standard InChI is InChI=1S/C6H6FNO/c1-4-2-5(9)3-6(7)8-4/h2-3H,1H3,(H,8,9). The highest BCUT2D eigenvalue weighted by molar-refractivity contribution is 5.02. The number of halogens is 1. The van der Waals surface area contributed by atoms with Crippen LogP contribution in [0.25, 0.3) is 0 Å². The van der Waals surface area contributed by atoms with Crippen molar-refractivity contribution in [2.45, 2.75) is 6.92 Å². The highest BCUT2D eigenvalue weighted by Crippen LogP contribution is 1.88. The zero-order valence-electron chi connectivity index (χ0n) is 4.94. The summed E-state index contributed by atoms with van der Waals surface area (Å²) in [5.74, 6) is -0.583. The van der Waals surface area contributed by atoms with Crippen molar-refractivity contribution in [2.75, 3.05) is 0 Å². The summed E-state index contributed by atoms with van der Waals surface area (Å²) in [5, 5.41) is 0. The number of hydrogen-bond acceptors (Lipinski definition) is 1. The Bertz CT molecular complexity index is 243. The second-order valence-corrected chi connectivity index (χ2v) is 1.85. The molecule has 0 spiro atoms. The number of rotatable bonds is 0. The molecule has 48 valence electrons. The molecule has 1 aromatic heterocycles. The van der Waals surface area contributed by atoms with Crippen molar-refractivity contribution in [3.63, 3.8) is 0 Å². The molecule has 1 aromatic rings. The molecule has 0 unspecified atom stereocenters. The molecule has 0 aromatic carbocycles. The Labute approximate surface area is 51.3 Å². The zero-order chi connectivity index (χ0) is 6.85. The van der Waals surface area contributed by atoms with E-state index in [0.717, 1.165) is 6.07 Å². The van der Waals surface area contributed by atoms with E-state index in [2.05, 4.69) is 4.98 Å². The molecule has 1 rings (SSSR count). The quantitative estimate of drug-likeness (QED) is 0.514. The van der Waals surface area contributed by atoms with Crippen LogP contribution in [0.4, 0.5) is 4.39 Å². The van der Waals surface area contributed by atoms with Crippen molar-refractivity contribution in [2.24, 2.45) is 0 Å². The van der Waals surface area contributed by atoms with Gasteiger partial charge in [-0.15, -0.1) is 0 Å². The van der Waals surface area contributed by atoms with Crippen molar-refractivity contribution in [1.82, 2.24) is 4.98 Å².